The van der Waals surface area contributed by atoms with Gasteiger partial charge in [-0.2, -0.15) is 5.10 Å². The predicted octanol–water partition coefficient (Wildman–Crippen LogP) is 4.70. The first-order valence-electron chi connectivity index (χ1n) is 10.4. The van der Waals surface area contributed by atoms with Gasteiger partial charge in [-0.25, -0.2) is 0 Å². The molecule has 1 saturated heterocycles. The van der Waals surface area contributed by atoms with E-state index < -0.39 is 0 Å². The van der Waals surface area contributed by atoms with Gasteiger partial charge in [0.15, 0.2) is 0 Å². The molecule has 1 aromatic carbocycles. The fourth-order valence-corrected chi connectivity index (χ4v) is 4.53. The zero-order valence-corrected chi connectivity index (χ0v) is 18.5. The minimum Gasteiger partial charge on any atom is -0.338 e. The molecule has 0 unspecified atom stereocenters. The maximum atomic E-state index is 13.1. The number of amides is 1. The molecule has 0 aliphatic carbocycles. The summed E-state index contributed by atoms with van der Waals surface area (Å²) in [4.78, 5) is 19.8. The van der Waals surface area contributed by atoms with Crippen LogP contribution in [0.1, 0.15) is 57.3 Å². The summed E-state index contributed by atoms with van der Waals surface area (Å²) in [6, 6.07) is 12.3. The van der Waals surface area contributed by atoms with Crippen molar-refractivity contribution < 1.29 is 4.79 Å². The number of pyridine rings is 1. The Kier molecular flexibility index (Phi) is 5.91. The third kappa shape index (κ3) is 4.41. The second-order valence-electron chi connectivity index (χ2n) is 8.20. The van der Waals surface area contributed by atoms with Crippen molar-refractivity contribution in [3.8, 4) is 0 Å². The van der Waals surface area contributed by atoms with E-state index in [1.807, 2.05) is 50.2 Å². The molecule has 3 heterocycles. The molecule has 30 heavy (non-hydrogen) atoms. The van der Waals surface area contributed by atoms with Crippen molar-refractivity contribution in [1.29, 1.82) is 0 Å². The number of hydrogen-bond donors (Lipinski definition) is 0. The van der Waals surface area contributed by atoms with Crippen LogP contribution in [0.25, 0.3) is 0 Å². The SMILES string of the molecule is Cc1cc(Cc2ccccc2Cl)cc([C@@H]2CCCN(C(=O)c3cn(C)nc3C)C2)n1. The number of aromatic nitrogens is 3. The molecule has 3 aromatic rings. The zero-order valence-electron chi connectivity index (χ0n) is 17.7. The van der Waals surface area contributed by atoms with Gasteiger partial charge >= 0.3 is 0 Å². The van der Waals surface area contributed by atoms with Crippen molar-refractivity contribution in [2.45, 2.75) is 39.0 Å². The molecule has 2 aromatic heterocycles. The van der Waals surface area contributed by atoms with Crippen LogP contribution in [0.15, 0.2) is 42.6 Å². The van der Waals surface area contributed by atoms with E-state index in [4.69, 9.17) is 16.6 Å². The number of halogens is 1. The van der Waals surface area contributed by atoms with E-state index in [0.29, 0.717) is 12.1 Å². The Balaban J connectivity index is 1.55. The number of rotatable bonds is 4. The molecular weight excluding hydrogens is 396 g/mol. The van der Waals surface area contributed by atoms with Gasteiger partial charge in [0.1, 0.15) is 0 Å². The number of carbonyl (C=O) groups is 1. The fraction of sp³-hybridized carbons (Fsp3) is 0.375. The molecule has 156 valence electrons. The highest BCUT2D eigenvalue weighted by molar-refractivity contribution is 6.31. The van der Waals surface area contributed by atoms with Gasteiger partial charge in [-0.15, -0.1) is 0 Å². The van der Waals surface area contributed by atoms with Gasteiger partial charge in [-0.3, -0.25) is 14.5 Å². The normalized spacial score (nSPS) is 16.7. The minimum atomic E-state index is 0.0641. The van der Waals surface area contributed by atoms with Crippen LogP contribution in [0.5, 0.6) is 0 Å². The van der Waals surface area contributed by atoms with E-state index >= 15 is 0 Å². The van der Waals surface area contributed by atoms with Gasteiger partial charge in [0.25, 0.3) is 5.91 Å². The molecule has 6 heteroatoms. The lowest BCUT2D eigenvalue weighted by Gasteiger charge is -2.32. The number of nitrogens with zero attached hydrogens (tertiary/aromatic N) is 4. The summed E-state index contributed by atoms with van der Waals surface area (Å²) in [5, 5.41) is 5.11. The van der Waals surface area contributed by atoms with Crippen LogP contribution in [0.4, 0.5) is 0 Å². The summed E-state index contributed by atoms with van der Waals surface area (Å²) in [6.45, 7) is 5.39. The second-order valence-corrected chi connectivity index (χ2v) is 8.61. The smallest absolute Gasteiger partial charge is 0.257 e. The average molecular weight is 423 g/mol. The predicted molar refractivity (Wildman–Crippen MR) is 119 cm³/mol. The highest BCUT2D eigenvalue weighted by Crippen LogP contribution is 2.29. The maximum Gasteiger partial charge on any atom is 0.257 e. The molecule has 5 nitrogen and oxygen atoms in total. The van der Waals surface area contributed by atoms with E-state index in [9.17, 15) is 4.79 Å². The van der Waals surface area contributed by atoms with Crippen LogP contribution in [0.3, 0.4) is 0 Å². The molecule has 1 aliphatic heterocycles. The van der Waals surface area contributed by atoms with E-state index in [-0.39, 0.29) is 11.8 Å². The fourth-order valence-electron chi connectivity index (χ4n) is 4.32. The van der Waals surface area contributed by atoms with Gasteiger partial charge in [0.2, 0.25) is 0 Å². The van der Waals surface area contributed by atoms with Gasteiger partial charge in [-0.05, 0) is 62.4 Å². The molecule has 4 rings (SSSR count). The second kappa shape index (κ2) is 8.60. The van der Waals surface area contributed by atoms with E-state index in [1.54, 1.807) is 4.68 Å². The lowest BCUT2D eigenvalue weighted by atomic mass is 9.92. The lowest BCUT2D eigenvalue weighted by molar-refractivity contribution is 0.0705. The Hall–Kier alpha value is -2.66. The van der Waals surface area contributed by atoms with E-state index in [2.05, 4.69) is 23.3 Å². The maximum absolute atomic E-state index is 13.1. The number of piperidine rings is 1. The van der Waals surface area contributed by atoms with Gasteiger partial charge < -0.3 is 4.90 Å². The van der Waals surface area contributed by atoms with Crippen molar-refractivity contribution >= 4 is 17.5 Å². The summed E-state index contributed by atoms with van der Waals surface area (Å²) in [7, 11) is 1.85. The molecule has 0 bridgehead atoms. The third-order valence-corrected chi connectivity index (χ3v) is 6.12. The Morgan fingerprint density at radius 1 is 1.23 bits per heavy atom. The summed E-state index contributed by atoms with van der Waals surface area (Å²) < 4.78 is 1.70. The Bertz CT molecular complexity index is 1070. The van der Waals surface area contributed by atoms with Crippen molar-refractivity contribution in [1.82, 2.24) is 19.7 Å². The van der Waals surface area contributed by atoms with Crippen LogP contribution in [0.2, 0.25) is 5.02 Å². The molecular formula is C24H27ClN4O. The Morgan fingerprint density at radius 3 is 2.77 bits per heavy atom. The number of carbonyl (C=O) groups excluding carboxylic acids is 1. The van der Waals surface area contributed by atoms with E-state index in [1.165, 1.54) is 5.56 Å². The van der Waals surface area contributed by atoms with Gasteiger partial charge in [-0.1, -0.05) is 29.8 Å². The first kappa shape index (κ1) is 20.6. The van der Waals surface area contributed by atoms with Crippen LogP contribution in [-0.2, 0) is 13.5 Å². The van der Waals surface area contributed by atoms with Crippen molar-refractivity contribution in [2.75, 3.05) is 13.1 Å². The van der Waals surface area contributed by atoms with Crippen molar-refractivity contribution in [3.63, 3.8) is 0 Å². The van der Waals surface area contributed by atoms with Crippen LogP contribution in [0, 0.1) is 13.8 Å². The van der Waals surface area contributed by atoms with Crippen LogP contribution in [-0.4, -0.2) is 38.7 Å². The van der Waals surface area contributed by atoms with Crippen molar-refractivity contribution in [2.24, 2.45) is 7.05 Å². The standard InChI is InChI=1S/C24H27ClN4O/c1-16-11-18(12-19-7-4-5-9-22(19)25)13-23(26-16)20-8-6-10-29(14-20)24(30)21-15-28(3)27-17(21)2/h4-5,7,9,11,13,15,20H,6,8,10,12,14H2,1-3H3/t20-/m1/s1. The summed E-state index contributed by atoms with van der Waals surface area (Å²) in [6.07, 6.45) is 4.61. The first-order chi connectivity index (χ1) is 14.4. The molecule has 1 aliphatic rings. The quantitative estimate of drug-likeness (QED) is 0.612. The number of likely N-dealkylation sites (tertiary alicyclic amines) is 1. The third-order valence-electron chi connectivity index (χ3n) is 5.76. The Morgan fingerprint density at radius 2 is 2.03 bits per heavy atom. The monoisotopic (exact) mass is 422 g/mol. The van der Waals surface area contributed by atoms with Crippen LogP contribution >= 0.6 is 11.6 Å². The number of aryl methyl sites for hydroxylation is 3. The Labute approximate surface area is 182 Å². The molecule has 1 fully saturated rings. The molecule has 0 spiro atoms. The molecule has 0 N–H and O–H groups in total. The highest BCUT2D eigenvalue weighted by Gasteiger charge is 2.28. The highest BCUT2D eigenvalue weighted by atomic mass is 35.5. The summed E-state index contributed by atoms with van der Waals surface area (Å²) in [5.74, 6) is 0.304. The van der Waals surface area contributed by atoms with Gasteiger partial charge in [0, 0.05) is 48.7 Å². The molecule has 0 saturated carbocycles. The number of hydrogen-bond acceptors (Lipinski definition) is 3. The van der Waals surface area contributed by atoms with Gasteiger partial charge in [0.05, 0.1) is 11.3 Å². The lowest BCUT2D eigenvalue weighted by Crippen LogP contribution is -2.39. The zero-order chi connectivity index (χ0) is 21.3. The molecule has 0 radical (unpaired) electrons. The molecule has 1 atom stereocenters. The average Bonchev–Trinajstić information content (AvgIpc) is 3.07. The first-order valence-corrected chi connectivity index (χ1v) is 10.8. The molecule has 1 amide bonds. The summed E-state index contributed by atoms with van der Waals surface area (Å²) in [5.41, 5.74) is 5.86. The van der Waals surface area contributed by atoms with Crippen LogP contribution < -0.4 is 0 Å². The van der Waals surface area contributed by atoms with E-state index in [0.717, 1.165) is 53.5 Å². The summed E-state index contributed by atoms with van der Waals surface area (Å²) >= 11 is 6.36. The number of benzene rings is 1. The van der Waals surface area contributed by atoms with Crippen molar-refractivity contribution in [3.05, 3.63) is 81.4 Å². The topological polar surface area (TPSA) is 51.0 Å². The largest absolute Gasteiger partial charge is 0.338 e. The minimum absolute atomic E-state index is 0.0641.